The second-order valence-corrected chi connectivity index (χ2v) is 6.21. The number of nitrogens with zero attached hydrogens (tertiary/aromatic N) is 4. The van der Waals surface area contributed by atoms with Crippen LogP contribution in [0.4, 0.5) is 4.79 Å². The lowest BCUT2D eigenvalue weighted by Gasteiger charge is -2.31. The number of rotatable bonds is 6. The van der Waals surface area contributed by atoms with Gasteiger partial charge in [-0.3, -0.25) is 4.68 Å². The molecule has 0 unspecified atom stereocenters. The number of carbonyl (C=O) groups is 1. The highest BCUT2D eigenvalue weighted by atomic mass is 16.2. The molecule has 6 heteroatoms. The van der Waals surface area contributed by atoms with Crippen LogP contribution in [0.2, 0.25) is 0 Å². The van der Waals surface area contributed by atoms with Gasteiger partial charge in [0.1, 0.15) is 12.7 Å². The van der Waals surface area contributed by atoms with Gasteiger partial charge in [-0.1, -0.05) is 36.8 Å². The van der Waals surface area contributed by atoms with E-state index in [1.165, 1.54) is 25.6 Å². The first-order chi connectivity index (χ1) is 11.2. The molecule has 1 aliphatic carbocycles. The number of amides is 2. The molecule has 1 atom stereocenters. The Morgan fingerprint density at radius 1 is 1.39 bits per heavy atom. The molecule has 0 spiro atoms. The van der Waals surface area contributed by atoms with E-state index in [4.69, 9.17) is 0 Å². The van der Waals surface area contributed by atoms with Gasteiger partial charge in [-0.05, 0) is 24.3 Å². The lowest BCUT2D eigenvalue weighted by Crippen LogP contribution is -2.43. The lowest BCUT2D eigenvalue weighted by atomic mass is 9.85. The first-order valence-electron chi connectivity index (χ1n) is 8.11. The summed E-state index contributed by atoms with van der Waals surface area (Å²) in [4.78, 5) is 18.3. The molecule has 1 heterocycles. The molecule has 1 aromatic heterocycles. The first kappa shape index (κ1) is 15.5. The largest absolute Gasteiger partial charge is 0.329 e. The maximum absolute atomic E-state index is 12.5. The van der Waals surface area contributed by atoms with Crippen molar-refractivity contribution in [1.29, 1.82) is 0 Å². The number of carbonyl (C=O) groups excluding carboxylic acids is 1. The van der Waals surface area contributed by atoms with Gasteiger partial charge in [-0.25, -0.2) is 9.78 Å². The summed E-state index contributed by atoms with van der Waals surface area (Å²) in [5, 5.41) is 7.27. The van der Waals surface area contributed by atoms with Crippen LogP contribution in [0.1, 0.15) is 30.9 Å². The van der Waals surface area contributed by atoms with Gasteiger partial charge in [0.05, 0.1) is 12.6 Å². The van der Waals surface area contributed by atoms with Gasteiger partial charge in [0, 0.05) is 13.6 Å². The molecule has 1 fully saturated rings. The summed E-state index contributed by atoms with van der Waals surface area (Å²) >= 11 is 0. The van der Waals surface area contributed by atoms with E-state index < -0.39 is 0 Å². The van der Waals surface area contributed by atoms with Crippen LogP contribution in [-0.2, 0) is 6.54 Å². The average molecular weight is 313 g/mol. The van der Waals surface area contributed by atoms with Crippen molar-refractivity contribution in [3.05, 3.63) is 48.5 Å². The van der Waals surface area contributed by atoms with Gasteiger partial charge in [0.2, 0.25) is 0 Å². The Balaban J connectivity index is 1.66. The van der Waals surface area contributed by atoms with Crippen molar-refractivity contribution in [3.8, 4) is 0 Å². The van der Waals surface area contributed by atoms with Crippen LogP contribution < -0.4 is 5.32 Å². The molecule has 2 aromatic rings. The summed E-state index contributed by atoms with van der Waals surface area (Å²) in [6, 6.07) is 9.81. The smallest absolute Gasteiger partial charge is 0.317 e. The SMILES string of the molecule is CN(CC1CCC1)C(=O)N[C@@H](Cn1cncn1)c1ccccc1. The van der Waals surface area contributed by atoms with Crippen LogP contribution in [-0.4, -0.2) is 39.3 Å². The summed E-state index contributed by atoms with van der Waals surface area (Å²) < 4.78 is 1.74. The number of benzene rings is 1. The standard InChI is InChI=1S/C17H23N5O/c1-21(10-14-6-5-7-14)17(23)20-16(11-22-13-18-12-19-22)15-8-3-2-4-9-15/h2-4,8-9,12-14,16H,5-7,10-11H2,1H3,(H,20,23)/t16-/m0/s1. The van der Waals surface area contributed by atoms with E-state index in [1.807, 2.05) is 37.4 Å². The fraction of sp³-hybridized carbons (Fsp3) is 0.471. The number of hydrogen-bond donors (Lipinski definition) is 1. The minimum atomic E-state index is -0.130. The fourth-order valence-electron chi connectivity index (χ4n) is 2.84. The second-order valence-electron chi connectivity index (χ2n) is 6.21. The Labute approximate surface area is 136 Å². The molecule has 6 nitrogen and oxygen atoms in total. The van der Waals surface area contributed by atoms with Gasteiger partial charge in [0.25, 0.3) is 0 Å². The fourth-order valence-corrected chi connectivity index (χ4v) is 2.84. The van der Waals surface area contributed by atoms with Crippen LogP contribution in [0.15, 0.2) is 43.0 Å². The van der Waals surface area contributed by atoms with Gasteiger partial charge >= 0.3 is 6.03 Å². The average Bonchev–Trinajstić information content (AvgIpc) is 3.04. The number of hydrogen-bond acceptors (Lipinski definition) is 3. The van der Waals surface area contributed by atoms with E-state index in [0.717, 1.165) is 12.1 Å². The third kappa shape index (κ3) is 4.09. The molecule has 1 saturated carbocycles. The summed E-state index contributed by atoms with van der Waals surface area (Å²) in [6.45, 7) is 1.39. The molecular weight excluding hydrogens is 290 g/mol. The van der Waals surface area contributed by atoms with E-state index in [1.54, 1.807) is 15.9 Å². The van der Waals surface area contributed by atoms with Gasteiger partial charge in [0.15, 0.2) is 0 Å². The molecule has 23 heavy (non-hydrogen) atoms. The summed E-state index contributed by atoms with van der Waals surface area (Å²) in [5.74, 6) is 0.663. The normalized spacial score (nSPS) is 15.7. The number of nitrogens with one attached hydrogen (secondary N) is 1. The maximum Gasteiger partial charge on any atom is 0.317 e. The van der Waals surface area contributed by atoms with E-state index >= 15 is 0 Å². The minimum Gasteiger partial charge on any atom is -0.329 e. The molecule has 0 radical (unpaired) electrons. The van der Waals surface area contributed by atoms with Crippen LogP contribution in [0.25, 0.3) is 0 Å². The van der Waals surface area contributed by atoms with Crippen molar-refractivity contribution < 1.29 is 4.79 Å². The van der Waals surface area contributed by atoms with Crippen LogP contribution in [0, 0.1) is 5.92 Å². The lowest BCUT2D eigenvalue weighted by molar-refractivity contribution is 0.178. The van der Waals surface area contributed by atoms with E-state index in [9.17, 15) is 4.79 Å². The van der Waals surface area contributed by atoms with Crippen molar-refractivity contribution in [2.24, 2.45) is 5.92 Å². The zero-order valence-electron chi connectivity index (χ0n) is 13.4. The van der Waals surface area contributed by atoms with Crippen LogP contribution in [0.5, 0.6) is 0 Å². The molecule has 0 bridgehead atoms. The Kier molecular flexibility index (Phi) is 4.90. The number of aromatic nitrogens is 3. The zero-order valence-corrected chi connectivity index (χ0v) is 13.4. The number of urea groups is 1. The Morgan fingerprint density at radius 2 is 2.17 bits per heavy atom. The topological polar surface area (TPSA) is 63.1 Å². The quantitative estimate of drug-likeness (QED) is 0.891. The molecule has 122 valence electrons. The van der Waals surface area contributed by atoms with Crippen LogP contribution >= 0.6 is 0 Å². The molecule has 1 aliphatic rings. The van der Waals surface area contributed by atoms with Crippen molar-refractivity contribution in [1.82, 2.24) is 25.0 Å². The van der Waals surface area contributed by atoms with Crippen molar-refractivity contribution in [2.75, 3.05) is 13.6 Å². The molecule has 0 aliphatic heterocycles. The maximum atomic E-state index is 12.5. The minimum absolute atomic E-state index is 0.0362. The van der Waals surface area contributed by atoms with Gasteiger partial charge in [-0.15, -0.1) is 0 Å². The highest BCUT2D eigenvalue weighted by Gasteiger charge is 2.23. The monoisotopic (exact) mass is 313 g/mol. The van der Waals surface area contributed by atoms with Gasteiger partial charge < -0.3 is 10.2 Å². The Morgan fingerprint density at radius 3 is 2.78 bits per heavy atom. The second kappa shape index (κ2) is 7.26. The summed E-state index contributed by atoms with van der Waals surface area (Å²) in [5.41, 5.74) is 1.06. The van der Waals surface area contributed by atoms with Crippen molar-refractivity contribution in [3.63, 3.8) is 0 Å². The molecule has 3 rings (SSSR count). The predicted molar refractivity (Wildman–Crippen MR) is 87.7 cm³/mol. The third-order valence-electron chi connectivity index (χ3n) is 4.44. The molecule has 2 amide bonds. The van der Waals surface area contributed by atoms with Crippen molar-refractivity contribution >= 4 is 6.03 Å². The summed E-state index contributed by atoms with van der Waals surface area (Å²) in [6.07, 6.45) is 6.93. The van der Waals surface area contributed by atoms with E-state index in [0.29, 0.717) is 12.5 Å². The highest BCUT2D eigenvalue weighted by molar-refractivity contribution is 5.74. The zero-order chi connectivity index (χ0) is 16.1. The van der Waals surface area contributed by atoms with Gasteiger partial charge in [-0.2, -0.15) is 5.10 Å². The highest BCUT2D eigenvalue weighted by Crippen LogP contribution is 2.26. The summed E-state index contributed by atoms with van der Waals surface area (Å²) in [7, 11) is 1.87. The molecule has 1 N–H and O–H groups in total. The third-order valence-corrected chi connectivity index (χ3v) is 4.44. The molecule has 1 aromatic carbocycles. The van der Waals surface area contributed by atoms with E-state index in [-0.39, 0.29) is 12.1 Å². The Bertz CT molecular complexity index is 609. The Hall–Kier alpha value is -2.37. The van der Waals surface area contributed by atoms with Crippen molar-refractivity contribution in [2.45, 2.75) is 31.8 Å². The van der Waals surface area contributed by atoms with Crippen LogP contribution in [0.3, 0.4) is 0 Å². The van der Waals surface area contributed by atoms with E-state index in [2.05, 4.69) is 15.4 Å². The first-order valence-corrected chi connectivity index (χ1v) is 8.11. The molecular formula is C17H23N5O. The molecule has 0 saturated heterocycles. The predicted octanol–water partition coefficient (Wildman–Crippen LogP) is 2.46.